The normalized spacial score (nSPS) is 20.8. The average Bonchev–Trinajstić information content (AvgIpc) is 2.59. The molecule has 0 amide bonds. The van der Waals surface area contributed by atoms with Crippen LogP contribution in [0.2, 0.25) is 0 Å². The Morgan fingerprint density at radius 3 is 3.00 bits per heavy atom. The van der Waals surface area contributed by atoms with Crippen LogP contribution in [0.15, 0.2) is 24.3 Å². The van der Waals surface area contributed by atoms with Crippen LogP contribution in [0.5, 0.6) is 5.75 Å². The lowest BCUT2D eigenvalue weighted by Gasteiger charge is -2.16. The van der Waals surface area contributed by atoms with Crippen molar-refractivity contribution >= 4 is 0 Å². The minimum absolute atomic E-state index is 0.380. The van der Waals surface area contributed by atoms with Gasteiger partial charge in [0.25, 0.3) is 0 Å². The number of ether oxygens (including phenoxy) is 1. The van der Waals surface area contributed by atoms with Gasteiger partial charge in [-0.05, 0) is 37.6 Å². The second-order valence-corrected chi connectivity index (χ2v) is 4.45. The highest BCUT2D eigenvalue weighted by molar-refractivity contribution is 5.37. The predicted octanol–water partition coefficient (Wildman–Crippen LogP) is 2.24. The second-order valence-electron chi connectivity index (χ2n) is 4.45. The Bertz CT molecular complexity index is 299. The maximum absolute atomic E-state index is 5.90. The molecule has 0 aliphatic carbocycles. The van der Waals surface area contributed by atoms with Crippen LogP contribution in [0, 0.1) is 5.92 Å². The highest BCUT2D eigenvalue weighted by atomic mass is 16.5. The summed E-state index contributed by atoms with van der Waals surface area (Å²) in [6, 6.07) is 8.36. The highest BCUT2D eigenvalue weighted by Crippen LogP contribution is 2.30. The van der Waals surface area contributed by atoms with E-state index in [1.165, 1.54) is 5.56 Å². The van der Waals surface area contributed by atoms with Gasteiger partial charge in [0, 0.05) is 6.42 Å². The molecule has 15 heavy (non-hydrogen) atoms. The van der Waals surface area contributed by atoms with E-state index in [0.717, 1.165) is 25.1 Å². The molecule has 2 nitrogen and oxygen atoms in total. The molecular formula is C13H19NO. The topological polar surface area (TPSA) is 21.3 Å². The average molecular weight is 205 g/mol. The molecule has 2 rings (SSSR count). The summed E-state index contributed by atoms with van der Waals surface area (Å²) in [5.41, 5.74) is 1.36. The third-order valence-electron chi connectivity index (χ3n) is 2.93. The van der Waals surface area contributed by atoms with E-state index < -0.39 is 0 Å². The van der Waals surface area contributed by atoms with Crippen LogP contribution >= 0.6 is 0 Å². The number of para-hydroxylation sites is 1. The Balaban J connectivity index is 1.90. The third-order valence-corrected chi connectivity index (χ3v) is 2.93. The lowest BCUT2D eigenvalue weighted by Crippen LogP contribution is -2.23. The van der Waals surface area contributed by atoms with E-state index in [9.17, 15) is 0 Å². The SMILES string of the molecule is CNCC(C)CC1Cc2ccccc2O1. The Morgan fingerprint density at radius 2 is 2.27 bits per heavy atom. The molecule has 2 unspecified atom stereocenters. The first-order valence-electron chi connectivity index (χ1n) is 5.68. The number of fused-ring (bicyclic) bond motifs is 1. The van der Waals surface area contributed by atoms with Gasteiger partial charge in [0.15, 0.2) is 0 Å². The van der Waals surface area contributed by atoms with E-state index >= 15 is 0 Å². The fraction of sp³-hybridized carbons (Fsp3) is 0.538. The van der Waals surface area contributed by atoms with E-state index in [-0.39, 0.29) is 0 Å². The van der Waals surface area contributed by atoms with E-state index in [1.54, 1.807) is 0 Å². The van der Waals surface area contributed by atoms with Crippen molar-refractivity contribution in [2.45, 2.75) is 25.9 Å². The van der Waals surface area contributed by atoms with E-state index in [2.05, 4.69) is 30.4 Å². The van der Waals surface area contributed by atoms with Crippen molar-refractivity contribution in [2.24, 2.45) is 5.92 Å². The first-order valence-corrected chi connectivity index (χ1v) is 5.68. The Labute approximate surface area is 91.6 Å². The fourth-order valence-corrected chi connectivity index (χ4v) is 2.27. The molecule has 2 heteroatoms. The van der Waals surface area contributed by atoms with E-state index in [1.807, 2.05) is 13.1 Å². The molecule has 1 aromatic rings. The summed E-state index contributed by atoms with van der Waals surface area (Å²) in [5, 5.41) is 3.21. The molecule has 1 N–H and O–H groups in total. The van der Waals surface area contributed by atoms with Crippen LogP contribution in [0.3, 0.4) is 0 Å². The van der Waals surface area contributed by atoms with Crippen molar-refractivity contribution in [1.82, 2.24) is 5.32 Å². The van der Waals surface area contributed by atoms with Gasteiger partial charge in [-0.15, -0.1) is 0 Å². The monoisotopic (exact) mass is 205 g/mol. The molecule has 1 aliphatic heterocycles. The molecule has 0 radical (unpaired) electrons. The summed E-state index contributed by atoms with van der Waals surface area (Å²) in [6.07, 6.45) is 2.59. The standard InChI is InChI=1S/C13H19NO/c1-10(9-14-2)7-12-8-11-5-3-4-6-13(11)15-12/h3-6,10,12,14H,7-9H2,1-2H3. The smallest absolute Gasteiger partial charge is 0.123 e. The Morgan fingerprint density at radius 1 is 1.47 bits per heavy atom. The summed E-state index contributed by atoms with van der Waals surface area (Å²) < 4.78 is 5.90. The number of benzene rings is 1. The highest BCUT2D eigenvalue weighted by Gasteiger charge is 2.23. The number of nitrogens with one attached hydrogen (secondary N) is 1. The van der Waals surface area contributed by atoms with Crippen molar-refractivity contribution < 1.29 is 4.74 Å². The number of hydrogen-bond acceptors (Lipinski definition) is 2. The van der Waals surface area contributed by atoms with Crippen molar-refractivity contribution in [3.8, 4) is 5.75 Å². The molecule has 0 saturated heterocycles. The minimum Gasteiger partial charge on any atom is -0.490 e. The summed E-state index contributed by atoms with van der Waals surface area (Å²) in [7, 11) is 2.00. The zero-order chi connectivity index (χ0) is 10.7. The van der Waals surface area contributed by atoms with Gasteiger partial charge in [0.2, 0.25) is 0 Å². The summed E-state index contributed by atoms with van der Waals surface area (Å²) in [4.78, 5) is 0. The van der Waals surface area contributed by atoms with Gasteiger partial charge in [0.1, 0.15) is 11.9 Å². The largest absolute Gasteiger partial charge is 0.490 e. The lowest BCUT2D eigenvalue weighted by atomic mass is 10.00. The second kappa shape index (κ2) is 4.67. The van der Waals surface area contributed by atoms with Gasteiger partial charge in [-0.1, -0.05) is 25.1 Å². The number of hydrogen-bond donors (Lipinski definition) is 1. The van der Waals surface area contributed by atoms with Gasteiger partial charge in [-0.25, -0.2) is 0 Å². The van der Waals surface area contributed by atoms with Crippen molar-refractivity contribution in [1.29, 1.82) is 0 Å². The molecule has 0 bridgehead atoms. The molecule has 1 aliphatic rings. The molecule has 0 fully saturated rings. The van der Waals surface area contributed by atoms with Gasteiger partial charge >= 0.3 is 0 Å². The summed E-state index contributed by atoms with van der Waals surface area (Å²) >= 11 is 0. The maximum atomic E-state index is 5.90. The van der Waals surface area contributed by atoms with Crippen molar-refractivity contribution in [3.63, 3.8) is 0 Å². The molecule has 82 valence electrons. The molecule has 1 aromatic carbocycles. The minimum atomic E-state index is 0.380. The molecule has 0 aromatic heterocycles. The number of rotatable bonds is 4. The zero-order valence-electron chi connectivity index (χ0n) is 9.49. The maximum Gasteiger partial charge on any atom is 0.123 e. The Kier molecular flexibility index (Phi) is 3.27. The van der Waals surface area contributed by atoms with Gasteiger partial charge < -0.3 is 10.1 Å². The lowest BCUT2D eigenvalue weighted by molar-refractivity contribution is 0.197. The van der Waals surface area contributed by atoms with Gasteiger partial charge in [0.05, 0.1) is 0 Å². The van der Waals surface area contributed by atoms with E-state index in [0.29, 0.717) is 12.0 Å². The van der Waals surface area contributed by atoms with Gasteiger partial charge in [-0.3, -0.25) is 0 Å². The van der Waals surface area contributed by atoms with Crippen LogP contribution in [-0.2, 0) is 6.42 Å². The molecule has 2 atom stereocenters. The van der Waals surface area contributed by atoms with Gasteiger partial charge in [-0.2, -0.15) is 0 Å². The van der Waals surface area contributed by atoms with Crippen LogP contribution < -0.4 is 10.1 Å². The molecule has 1 heterocycles. The predicted molar refractivity (Wildman–Crippen MR) is 62.3 cm³/mol. The molecule has 0 saturated carbocycles. The molecule has 0 spiro atoms. The summed E-state index contributed by atoms with van der Waals surface area (Å²) in [5.74, 6) is 1.76. The van der Waals surface area contributed by atoms with E-state index in [4.69, 9.17) is 4.74 Å². The Hall–Kier alpha value is -1.02. The third kappa shape index (κ3) is 2.51. The quantitative estimate of drug-likeness (QED) is 0.814. The first-order chi connectivity index (χ1) is 7.29. The van der Waals surface area contributed by atoms with Crippen molar-refractivity contribution in [3.05, 3.63) is 29.8 Å². The van der Waals surface area contributed by atoms with Crippen LogP contribution in [-0.4, -0.2) is 19.7 Å². The zero-order valence-corrected chi connectivity index (χ0v) is 9.49. The van der Waals surface area contributed by atoms with Crippen LogP contribution in [0.1, 0.15) is 18.9 Å². The van der Waals surface area contributed by atoms with Crippen molar-refractivity contribution in [2.75, 3.05) is 13.6 Å². The van der Waals surface area contributed by atoms with Crippen LogP contribution in [0.25, 0.3) is 0 Å². The summed E-state index contributed by atoms with van der Waals surface area (Å²) in [6.45, 7) is 3.33. The first kappa shape index (κ1) is 10.5. The van der Waals surface area contributed by atoms with Crippen LogP contribution in [0.4, 0.5) is 0 Å². The fourth-order valence-electron chi connectivity index (χ4n) is 2.27. The molecular weight excluding hydrogens is 186 g/mol.